The SMILES string of the molecule is O=C(C1=C[C@@H]2[C@@H]3C(=O)N(c4cccc(C(F)(F)F)c4)C(=O)[C@@H]3[C@H](C(=O)c3ccc(Br)cc3)N2C=C1)c1ccccc1. The Kier molecular flexibility index (Phi) is 6.53. The van der Waals surface area contributed by atoms with Gasteiger partial charge in [-0.25, -0.2) is 4.90 Å². The molecule has 2 saturated heterocycles. The number of ketones is 2. The van der Waals surface area contributed by atoms with Crippen molar-refractivity contribution in [3.8, 4) is 0 Å². The fourth-order valence-electron chi connectivity index (χ4n) is 5.81. The molecule has 0 saturated carbocycles. The molecule has 6 nitrogen and oxygen atoms in total. The van der Waals surface area contributed by atoms with E-state index in [2.05, 4.69) is 15.9 Å². The van der Waals surface area contributed by atoms with Crippen LogP contribution in [0.25, 0.3) is 0 Å². The summed E-state index contributed by atoms with van der Waals surface area (Å²) in [5.41, 5.74) is -0.215. The summed E-state index contributed by atoms with van der Waals surface area (Å²) >= 11 is 3.33. The first-order chi connectivity index (χ1) is 19.6. The predicted octanol–water partition coefficient (Wildman–Crippen LogP) is 5.85. The van der Waals surface area contributed by atoms with Gasteiger partial charge >= 0.3 is 6.18 Å². The lowest BCUT2D eigenvalue weighted by Crippen LogP contribution is -2.46. The highest BCUT2D eigenvalue weighted by Gasteiger charge is 2.63. The highest BCUT2D eigenvalue weighted by Crippen LogP contribution is 2.47. The molecule has 4 atom stereocenters. The molecule has 41 heavy (non-hydrogen) atoms. The van der Waals surface area contributed by atoms with Gasteiger partial charge in [-0.15, -0.1) is 0 Å². The lowest BCUT2D eigenvalue weighted by molar-refractivity contribution is -0.137. The minimum absolute atomic E-state index is 0.221. The van der Waals surface area contributed by atoms with Crippen LogP contribution >= 0.6 is 15.9 Å². The van der Waals surface area contributed by atoms with E-state index in [1.165, 1.54) is 6.07 Å². The first-order valence-electron chi connectivity index (χ1n) is 12.7. The maximum absolute atomic E-state index is 13.9. The van der Waals surface area contributed by atoms with Crippen LogP contribution in [0.5, 0.6) is 0 Å². The third kappa shape index (κ3) is 4.52. The Balaban J connectivity index is 1.43. The van der Waals surface area contributed by atoms with Gasteiger partial charge in [-0.2, -0.15) is 13.2 Å². The molecule has 3 aliphatic heterocycles. The monoisotopic (exact) mass is 620 g/mol. The number of Topliss-reactive ketones (excluding diaryl/α,β-unsaturated/α-hetero) is 2. The number of imide groups is 1. The van der Waals surface area contributed by atoms with Crippen molar-refractivity contribution >= 4 is 45.0 Å². The number of alkyl halides is 3. The number of amides is 2. The minimum Gasteiger partial charge on any atom is -0.359 e. The van der Waals surface area contributed by atoms with Gasteiger partial charge in [0.25, 0.3) is 0 Å². The number of fused-ring (bicyclic) bond motifs is 3. The molecule has 0 radical (unpaired) electrons. The van der Waals surface area contributed by atoms with Gasteiger partial charge in [0.05, 0.1) is 29.1 Å². The second-order valence-electron chi connectivity index (χ2n) is 10.00. The summed E-state index contributed by atoms with van der Waals surface area (Å²) in [6.45, 7) is 0. The van der Waals surface area contributed by atoms with Crippen molar-refractivity contribution in [2.45, 2.75) is 18.3 Å². The van der Waals surface area contributed by atoms with Crippen LogP contribution in [-0.2, 0) is 15.8 Å². The predicted molar refractivity (Wildman–Crippen MR) is 147 cm³/mol. The third-order valence-corrected chi connectivity index (χ3v) is 8.20. The molecule has 3 aromatic carbocycles. The van der Waals surface area contributed by atoms with Gasteiger partial charge in [0.15, 0.2) is 11.6 Å². The van der Waals surface area contributed by atoms with E-state index in [1.807, 2.05) is 0 Å². The summed E-state index contributed by atoms with van der Waals surface area (Å²) < 4.78 is 41.1. The molecule has 0 bridgehead atoms. The Morgan fingerprint density at radius 2 is 1.49 bits per heavy atom. The van der Waals surface area contributed by atoms with Gasteiger partial charge in [0.2, 0.25) is 11.8 Å². The van der Waals surface area contributed by atoms with Crippen LogP contribution < -0.4 is 4.90 Å². The first kappa shape index (κ1) is 26.9. The average Bonchev–Trinajstić information content (AvgIpc) is 3.44. The van der Waals surface area contributed by atoms with Crippen molar-refractivity contribution in [1.82, 2.24) is 4.90 Å². The molecule has 6 rings (SSSR count). The molecule has 0 unspecified atom stereocenters. The summed E-state index contributed by atoms with van der Waals surface area (Å²) in [6, 6.07) is 17.1. The number of nitrogens with zero attached hydrogens (tertiary/aromatic N) is 2. The quantitative estimate of drug-likeness (QED) is 0.264. The summed E-state index contributed by atoms with van der Waals surface area (Å²) in [7, 11) is 0. The van der Waals surface area contributed by atoms with Crippen molar-refractivity contribution in [3.05, 3.63) is 124 Å². The zero-order valence-corrected chi connectivity index (χ0v) is 22.7. The second kappa shape index (κ2) is 9.95. The van der Waals surface area contributed by atoms with E-state index in [1.54, 1.807) is 77.8 Å². The van der Waals surface area contributed by atoms with E-state index >= 15 is 0 Å². The number of benzene rings is 3. The van der Waals surface area contributed by atoms with Gasteiger partial charge < -0.3 is 4.90 Å². The number of hydrogen-bond donors (Lipinski definition) is 0. The number of carbonyl (C=O) groups is 4. The smallest absolute Gasteiger partial charge is 0.359 e. The minimum atomic E-state index is -4.68. The zero-order valence-electron chi connectivity index (χ0n) is 21.1. The Morgan fingerprint density at radius 3 is 2.17 bits per heavy atom. The molecule has 3 aromatic rings. The van der Waals surface area contributed by atoms with Crippen LogP contribution in [0.15, 0.2) is 107 Å². The van der Waals surface area contributed by atoms with Crippen LogP contribution in [0, 0.1) is 11.8 Å². The molecule has 0 spiro atoms. The van der Waals surface area contributed by atoms with Crippen LogP contribution in [0.2, 0.25) is 0 Å². The average molecular weight is 621 g/mol. The lowest BCUT2D eigenvalue weighted by atomic mass is 9.85. The number of hydrogen-bond acceptors (Lipinski definition) is 5. The topological polar surface area (TPSA) is 74.8 Å². The fourth-order valence-corrected chi connectivity index (χ4v) is 6.08. The Hall–Kier alpha value is -4.31. The molecule has 2 fully saturated rings. The standard InChI is InChI=1S/C31H20BrF3N2O4/c32-21-11-9-18(10-12-21)28(39)26-25-24(23-15-19(13-14-36(23)26)27(38)17-5-2-1-3-6-17)29(40)37(30(25)41)22-8-4-7-20(16-22)31(33,34)35/h1-16,23-26H/t23-,24+,25+,26-/m1/s1. The summed E-state index contributed by atoms with van der Waals surface area (Å²) in [4.78, 5) is 57.2. The van der Waals surface area contributed by atoms with Crippen molar-refractivity contribution in [2.24, 2.45) is 11.8 Å². The summed E-state index contributed by atoms with van der Waals surface area (Å²) in [5.74, 6) is -4.47. The van der Waals surface area contributed by atoms with Gasteiger partial charge in [-0.1, -0.05) is 70.5 Å². The zero-order chi connectivity index (χ0) is 29.1. The highest BCUT2D eigenvalue weighted by atomic mass is 79.9. The molecule has 0 N–H and O–H groups in total. The molecule has 206 valence electrons. The van der Waals surface area contributed by atoms with Crippen molar-refractivity contribution < 1.29 is 32.3 Å². The number of halogens is 4. The Labute approximate surface area is 240 Å². The van der Waals surface area contributed by atoms with E-state index in [4.69, 9.17) is 0 Å². The molecule has 3 aliphatic rings. The van der Waals surface area contributed by atoms with E-state index in [9.17, 15) is 32.3 Å². The largest absolute Gasteiger partial charge is 0.416 e. The first-order valence-corrected chi connectivity index (χ1v) is 13.5. The van der Waals surface area contributed by atoms with Crippen LogP contribution in [0.3, 0.4) is 0 Å². The van der Waals surface area contributed by atoms with Crippen LogP contribution in [-0.4, -0.2) is 40.4 Å². The number of rotatable bonds is 5. The summed E-state index contributed by atoms with van der Waals surface area (Å²) in [6.07, 6.45) is -0.00904. The Bertz CT molecular complexity index is 1650. The lowest BCUT2D eigenvalue weighted by Gasteiger charge is -2.33. The molecule has 10 heteroatoms. The normalized spacial score (nSPS) is 23.4. The fraction of sp³-hybridized carbons (Fsp3) is 0.161. The van der Waals surface area contributed by atoms with Gasteiger partial charge in [-0.3, -0.25) is 19.2 Å². The third-order valence-electron chi connectivity index (χ3n) is 7.68. The number of anilines is 1. The number of carbonyl (C=O) groups excluding carboxylic acids is 4. The van der Waals surface area contributed by atoms with Gasteiger partial charge in [-0.05, 0) is 36.4 Å². The van der Waals surface area contributed by atoms with Gasteiger partial charge in [0.1, 0.15) is 6.04 Å². The molecule has 0 aromatic heterocycles. The van der Waals surface area contributed by atoms with E-state index in [0.717, 1.165) is 27.6 Å². The van der Waals surface area contributed by atoms with E-state index in [-0.39, 0.29) is 17.0 Å². The summed E-state index contributed by atoms with van der Waals surface area (Å²) in [5, 5.41) is 0. The van der Waals surface area contributed by atoms with Crippen molar-refractivity contribution in [2.75, 3.05) is 4.90 Å². The molecular weight excluding hydrogens is 601 g/mol. The molecule has 2 amide bonds. The van der Waals surface area contributed by atoms with Crippen molar-refractivity contribution in [1.29, 1.82) is 0 Å². The Morgan fingerprint density at radius 1 is 0.805 bits per heavy atom. The maximum atomic E-state index is 13.9. The molecule has 0 aliphatic carbocycles. The molecule has 3 heterocycles. The number of allylic oxidation sites excluding steroid dienone is 2. The highest BCUT2D eigenvalue weighted by molar-refractivity contribution is 9.10. The molecular formula is C31H20BrF3N2O4. The van der Waals surface area contributed by atoms with Crippen LogP contribution in [0.1, 0.15) is 26.3 Å². The maximum Gasteiger partial charge on any atom is 0.416 e. The van der Waals surface area contributed by atoms with Gasteiger partial charge in [0, 0.05) is 27.4 Å². The van der Waals surface area contributed by atoms with Crippen LogP contribution in [0.4, 0.5) is 18.9 Å². The second-order valence-corrected chi connectivity index (χ2v) is 10.9. The van der Waals surface area contributed by atoms with E-state index < -0.39 is 53.3 Å². The van der Waals surface area contributed by atoms with Crippen molar-refractivity contribution in [3.63, 3.8) is 0 Å². The van der Waals surface area contributed by atoms with E-state index in [0.29, 0.717) is 11.1 Å².